The smallest absolute Gasteiger partial charge is 0.326 e. The number of carboxylic acid groups (broad SMARTS) is 1. The first-order valence-electron chi connectivity index (χ1n) is 6.54. The van der Waals surface area contributed by atoms with E-state index in [1.807, 2.05) is 32.0 Å². The zero-order valence-corrected chi connectivity index (χ0v) is 12.4. The largest absolute Gasteiger partial charge is 0.480 e. The quantitative estimate of drug-likeness (QED) is 0.627. The molecule has 0 heterocycles. The Balaban J connectivity index is 2.74. The van der Waals surface area contributed by atoms with Gasteiger partial charge in [-0.3, -0.25) is 0 Å². The molecule has 0 aliphatic heterocycles. The number of carbonyl (C=O) groups excluding carboxylic acids is 1. The first-order valence-corrected chi connectivity index (χ1v) is 6.54. The van der Waals surface area contributed by atoms with E-state index in [0.717, 1.165) is 11.3 Å². The van der Waals surface area contributed by atoms with Crippen LogP contribution in [0.5, 0.6) is 0 Å². The highest BCUT2D eigenvalue weighted by molar-refractivity contribution is 5.92. The van der Waals surface area contributed by atoms with E-state index in [4.69, 9.17) is 10.2 Å². The highest BCUT2D eigenvalue weighted by Gasteiger charge is 2.19. The Kier molecular flexibility index (Phi) is 5.98. The number of hydrogen-bond donors (Lipinski definition) is 4. The van der Waals surface area contributed by atoms with Crippen molar-refractivity contribution in [2.24, 2.45) is 0 Å². The van der Waals surface area contributed by atoms with Gasteiger partial charge in [0.25, 0.3) is 0 Å². The maximum Gasteiger partial charge on any atom is 0.326 e. The minimum absolute atomic E-state index is 0.0421. The van der Waals surface area contributed by atoms with Gasteiger partial charge < -0.3 is 25.7 Å². The molecule has 0 saturated heterocycles. The molecule has 0 aliphatic carbocycles. The van der Waals surface area contributed by atoms with Crippen molar-refractivity contribution < 1.29 is 19.8 Å². The van der Waals surface area contributed by atoms with E-state index in [1.165, 1.54) is 0 Å². The minimum Gasteiger partial charge on any atom is -0.480 e. The third kappa shape index (κ3) is 4.96. The number of carboxylic acids is 1. The van der Waals surface area contributed by atoms with Crippen LogP contribution in [0.25, 0.3) is 0 Å². The maximum absolute atomic E-state index is 11.8. The molecule has 2 amide bonds. The van der Waals surface area contributed by atoms with E-state index in [9.17, 15) is 9.59 Å². The number of benzene rings is 1. The summed E-state index contributed by atoms with van der Waals surface area (Å²) in [4.78, 5) is 24.6. The van der Waals surface area contributed by atoms with Gasteiger partial charge in [-0.15, -0.1) is 0 Å². The number of aliphatic hydroxyl groups is 1. The summed E-state index contributed by atoms with van der Waals surface area (Å²) in [5.41, 5.74) is 2.59. The molecule has 1 aromatic carbocycles. The molecule has 0 unspecified atom stereocenters. The predicted octanol–water partition coefficient (Wildman–Crippen LogP) is 1.02. The number of amides is 2. The molecule has 0 aliphatic rings. The van der Waals surface area contributed by atoms with Crippen molar-refractivity contribution in [3.63, 3.8) is 0 Å². The van der Waals surface area contributed by atoms with Gasteiger partial charge in [-0.1, -0.05) is 6.07 Å². The topological polar surface area (TPSA) is 102 Å². The SMILES string of the molecule is Cc1ccc(NC(=O)N[C@H](CCO)C(=O)O)cc1N(C)C. The average molecular weight is 295 g/mol. The van der Waals surface area contributed by atoms with Gasteiger partial charge in [-0.2, -0.15) is 0 Å². The van der Waals surface area contributed by atoms with Crippen molar-refractivity contribution in [3.8, 4) is 0 Å². The third-order valence-corrected chi connectivity index (χ3v) is 2.97. The van der Waals surface area contributed by atoms with Crippen LogP contribution >= 0.6 is 0 Å². The van der Waals surface area contributed by atoms with Gasteiger partial charge in [0, 0.05) is 38.5 Å². The minimum atomic E-state index is -1.18. The van der Waals surface area contributed by atoms with Gasteiger partial charge in [0.05, 0.1) is 0 Å². The van der Waals surface area contributed by atoms with Gasteiger partial charge in [-0.05, 0) is 24.6 Å². The van der Waals surface area contributed by atoms with E-state index in [-0.39, 0.29) is 13.0 Å². The van der Waals surface area contributed by atoms with Gasteiger partial charge in [-0.25, -0.2) is 9.59 Å². The number of nitrogens with zero attached hydrogens (tertiary/aromatic N) is 1. The molecule has 7 heteroatoms. The van der Waals surface area contributed by atoms with Crippen LogP contribution in [-0.2, 0) is 4.79 Å². The van der Waals surface area contributed by atoms with Crippen molar-refractivity contribution in [1.82, 2.24) is 5.32 Å². The Morgan fingerprint density at radius 3 is 2.52 bits per heavy atom. The zero-order valence-electron chi connectivity index (χ0n) is 12.4. The van der Waals surface area contributed by atoms with Crippen molar-refractivity contribution in [2.75, 3.05) is 30.9 Å². The molecule has 0 spiro atoms. The Morgan fingerprint density at radius 2 is 2.00 bits per heavy atom. The maximum atomic E-state index is 11.8. The van der Waals surface area contributed by atoms with E-state index in [0.29, 0.717) is 5.69 Å². The molecule has 4 N–H and O–H groups in total. The van der Waals surface area contributed by atoms with E-state index in [1.54, 1.807) is 12.1 Å². The van der Waals surface area contributed by atoms with Crippen LogP contribution in [0.2, 0.25) is 0 Å². The van der Waals surface area contributed by atoms with Crippen molar-refractivity contribution in [3.05, 3.63) is 23.8 Å². The number of nitrogens with one attached hydrogen (secondary N) is 2. The second kappa shape index (κ2) is 7.49. The summed E-state index contributed by atoms with van der Waals surface area (Å²) >= 11 is 0. The number of aryl methyl sites for hydroxylation is 1. The molecule has 1 aromatic rings. The highest BCUT2D eigenvalue weighted by Crippen LogP contribution is 2.22. The van der Waals surface area contributed by atoms with E-state index in [2.05, 4.69) is 10.6 Å². The number of rotatable bonds is 6. The number of urea groups is 1. The molecule has 0 fully saturated rings. The van der Waals surface area contributed by atoms with Crippen LogP contribution in [0.3, 0.4) is 0 Å². The van der Waals surface area contributed by atoms with E-state index >= 15 is 0 Å². The Hall–Kier alpha value is -2.28. The number of hydrogen-bond acceptors (Lipinski definition) is 4. The summed E-state index contributed by atoms with van der Waals surface area (Å²) in [6.07, 6.45) is -0.0421. The van der Waals surface area contributed by atoms with Crippen molar-refractivity contribution in [1.29, 1.82) is 0 Å². The lowest BCUT2D eigenvalue weighted by Gasteiger charge is -2.18. The van der Waals surface area contributed by atoms with Crippen LogP contribution in [0.15, 0.2) is 18.2 Å². The Bertz CT molecular complexity index is 517. The third-order valence-electron chi connectivity index (χ3n) is 2.97. The number of anilines is 2. The zero-order chi connectivity index (χ0) is 16.0. The molecule has 0 saturated carbocycles. The molecule has 21 heavy (non-hydrogen) atoms. The van der Waals surface area contributed by atoms with Gasteiger partial charge >= 0.3 is 12.0 Å². The van der Waals surface area contributed by atoms with Gasteiger partial charge in [0.15, 0.2) is 0 Å². The average Bonchev–Trinajstić information content (AvgIpc) is 2.40. The van der Waals surface area contributed by atoms with E-state index < -0.39 is 18.0 Å². The number of aliphatic hydroxyl groups excluding tert-OH is 1. The van der Waals surface area contributed by atoms with Gasteiger partial charge in [0.2, 0.25) is 0 Å². The second-order valence-electron chi connectivity index (χ2n) is 4.90. The lowest BCUT2D eigenvalue weighted by atomic mass is 10.1. The summed E-state index contributed by atoms with van der Waals surface area (Å²) in [5.74, 6) is -1.18. The first kappa shape index (κ1) is 16.8. The van der Waals surface area contributed by atoms with Crippen LogP contribution in [-0.4, -0.2) is 49.0 Å². The van der Waals surface area contributed by atoms with Crippen molar-refractivity contribution in [2.45, 2.75) is 19.4 Å². The predicted molar refractivity (Wildman–Crippen MR) is 80.8 cm³/mol. The number of aliphatic carboxylic acids is 1. The summed E-state index contributed by atoms with van der Waals surface area (Å²) < 4.78 is 0. The lowest BCUT2D eigenvalue weighted by Crippen LogP contribution is -2.43. The molecule has 1 atom stereocenters. The first-order chi connectivity index (χ1) is 9.85. The van der Waals surface area contributed by atoms with Crippen LogP contribution in [0, 0.1) is 6.92 Å². The molecule has 7 nitrogen and oxygen atoms in total. The highest BCUT2D eigenvalue weighted by atomic mass is 16.4. The standard InChI is InChI=1S/C14H21N3O4/c1-9-4-5-10(8-12(9)17(2)3)15-14(21)16-11(6-7-18)13(19)20/h4-5,8,11,18H,6-7H2,1-3H3,(H,19,20)(H2,15,16,21)/t11-/m1/s1. The summed E-state index contributed by atoms with van der Waals surface area (Å²) in [5, 5.41) is 22.6. The van der Waals surface area contributed by atoms with Crippen LogP contribution < -0.4 is 15.5 Å². The van der Waals surface area contributed by atoms with Crippen LogP contribution in [0.1, 0.15) is 12.0 Å². The normalized spacial score (nSPS) is 11.6. The summed E-state index contributed by atoms with van der Waals surface area (Å²) in [7, 11) is 3.79. The lowest BCUT2D eigenvalue weighted by molar-refractivity contribution is -0.139. The van der Waals surface area contributed by atoms with Crippen molar-refractivity contribution >= 4 is 23.4 Å². The fraction of sp³-hybridized carbons (Fsp3) is 0.429. The molecule has 0 radical (unpaired) electrons. The Labute approximate surface area is 123 Å². The molecule has 1 rings (SSSR count). The molecule has 116 valence electrons. The molecule has 0 aromatic heterocycles. The monoisotopic (exact) mass is 295 g/mol. The summed E-state index contributed by atoms with van der Waals surface area (Å²) in [6.45, 7) is 1.65. The molecular weight excluding hydrogens is 274 g/mol. The Morgan fingerprint density at radius 1 is 1.33 bits per heavy atom. The molecule has 0 bridgehead atoms. The fourth-order valence-electron chi connectivity index (χ4n) is 1.88. The molecular formula is C14H21N3O4. The summed E-state index contributed by atoms with van der Waals surface area (Å²) in [6, 6.07) is 3.67. The van der Waals surface area contributed by atoms with Gasteiger partial charge in [0.1, 0.15) is 6.04 Å². The second-order valence-corrected chi connectivity index (χ2v) is 4.90. The fourth-order valence-corrected chi connectivity index (χ4v) is 1.88. The number of carbonyl (C=O) groups is 2. The van der Waals surface area contributed by atoms with Crippen LogP contribution in [0.4, 0.5) is 16.2 Å².